The molecule has 0 fully saturated rings. The number of halogens is 1. The summed E-state index contributed by atoms with van der Waals surface area (Å²) in [6.07, 6.45) is -0.275. The molecule has 1 amide bonds. The summed E-state index contributed by atoms with van der Waals surface area (Å²) >= 11 is 6.91. The van der Waals surface area contributed by atoms with Gasteiger partial charge in [0, 0.05) is 30.1 Å². The van der Waals surface area contributed by atoms with E-state index >= 15 is 0 Å². The maximum atomic E-state index is 12.4. The van der Waals surface area contributed by atoms with E-state index in [-0.39, 0.29) is 22.8 Å². The van der Waals surface area contributed by atoms with Crippen LogP contribution in [0.25, 0.3) is 10.2 Å². The highest BCUT2D eigenvalue weighted by molar-refractivity contribution is 7.91. The van der Waals surface area contributed by atoms with Gasteiger partial charge in [-0.05, 0) is 37.3 Å². The fourth-order valence-electron chi connectivity index (χ4n) is 2.71. The summed E-state index contributed by atoms with van der Waals surface area (Å²) in [6.45, 7) is 2.37. The predicted molar refractivity (Wildman–Crippen MR) is 111 cm³/mol. The van der Waals surface area contributed by atoms with Gasteiger partial charge in [-0.1, -0.05) is 22.9 Å². The summed E-state index contributed by atoms with van der Waals surface area (Å²) in [5, 5.41) is 11.4. The third-order valence-electron chi connectivity index (χ3n) is 4.17. The van der Waals surface area contributed by atoms with Gasteiger partial charge in [-0.3, -0.25) is 14.9 Å². The summed E-state index contributed by atoms with van der Waals surface area (Å²) < 4.78 is 27.1. The number of fused-ring (bicyclic) bond motifs is 1. The molecule has 3 aromatic rings. The van der Waals surface area contributed by atoms with Crippen LogP contribution in [0.2, 0.25) is 5.02 Å². The molecule has 0 radical (unpaired) electrons. The minimum atomic E-state index is -3.64. The number of hydrogen-bond donors (Lipinski definition) is 0. The normalized spacial score (nSPS) is 12.4. The number of nitro benzene ring substituents is 1. The molecule has 1 heterocycles. The predicted octanol–water partition coefficient (Wildman–Crippen LogP) is 3.58. The molecule has 2 aromatic carbocycles. The van der Waals surface area contributed by atoms with Crippen LogP contribution in [-0.4, -0.2) is 29.6 Å². The van der Waals surface area contributed by atoms with Gasteiger partial charge in [0.1, 0.15) is 0 Å². The molecule has 1 aromatic heterocycles. The number of nitrogens with zero attached hydrogens (tertiary/aromatic N) is 3. The number of carbonyl (C=O) groups excluding carboxylic acids is 1. The van der Waals surface area contributed by atoms with E-state index in [0.29, 0.717) is 21.1 Å². The molecular weight excluding hydrogens is 438 g/mol. The van der Waals surface area contributed by atoms with Gasteiger partial charge in [-0.25, -0.2) is 8.42 Å². The van der Waals surface area contributed by atoms with E-state index < -0.39 is 20.7 Å². The molecule has 0 spiro atoms. The Bertz CT molecular complexity index is 1260. The topological polar surface area (TPSA) is 112 Å². The molecule has 152 valence electrons. The number of thiazole rings is 1. The van der Waals surface area contributed by atoms with Crippen molar-refractivity contribution >= 4 is 54.6 Å². The van der Waals surface area contributed by atoms with Crippen molar-refractivity contribution in [3.63, 3.8) is 0 Å². The smallest absolute Gasteiger partial charge is 0.270 e. The molecule has 3 rings (SSSR count). The molecule has 0 aliphatic carbocycles. The average Bonchev–Trinajstić information content (AvgIpc) is 3.02. The summed E-state index contributed by atoms with van der Waals surface area (Å²) in [7, 11) is -3.64. The van der Waals surface area contributed by atoms with Crippen molar-refractivity contribution < 1.29 is 18.1 Å². The Hall–Kier alpha value is -2.56. The Morgan fingerprint density at radius 2 is 1.93 bits per heavy atom. The largest absolute Gasteiger partial charge is 0.317 e. The van der Waals surface area contributed by atoms with E-state index in [1.54, 1.807) is 10.6 Å². The van der Waals surface area contributed by atoms with Crippen molar-refractivity contribution in [1.29, 1.82) is 0 Å². The van der Waals surface area contributed by atoms with Crippen LogP contribution in [0.3, 0.4) is 0 Å². The number of aromatic nitrogens is 1. The van der Waals surface area contributed by atoms with Crippen LogP contribution < -0.4 is 4.80 Å². The highest BCUT2D eigenvalue weighted by Crippen LogP contribution is 2.23. The van der Waals surface area contributed by atoms with Crippen LogP contribution in [0.1, 0.15) is 13.3 Å². The SMILES string of the molecule is CCn1c(=NC(=O)CCS(=O)(=O)c2ccc(Cl)cc2)sc2cc([N+](=O)[O-])ccc21. The zero-order valence-corrected chi connectivity index (χ0v) is 17.6. The van der Waals surface area contributed by atoms with Gasteiger partial charge in [-0.15, -0.1) is 0 Å². The minimum Gasteiger partial charge on any atom is -0.317 e. The molecular formula is C18H16ClN3O5S2. The number of hydrogen-bond acceptors (Lipinski definition) is 6. The molecule has 11 heteroatoms. The fourth-order valence-corrected chi connectivity index (χ4v) is 5.21. The first-order valence-electron chi connectivity index (χ1n) is 8.55. The number of rotatable bonds is 6. The maximum Gasteiger partial charge on any atom is 0.270 e. The van der Waals surface area contributed by atoms with Crippen LogP contribution in [0.5, 0.6) is 0 Å². The number of amides is 1. The Morgan fingerprint density at radius 3 is 2.55 bits per heavy atom. The number of benzene rings is 2. The van der Waals surface area contributed by atoms with Crippen molar-refractivity contribution in [2.24, 2.45) is 4.99 Å². The summed E-state index contributed by atoms with van der Waals surface area (Å²) in [5.41, 5.74) is 0.678. The number of aryl methyl sites for hydroxylation is 1. The number of carbonyl (C=O) groups is 1. The first-order valence-corrected chi connectivity index (χ1v) is 11.4. The van der Waals surface area contributed by atoms with Gasteiger partial charge >= 0.3 is 0 Å². The van der Waals surface area contributed by atoms with Gasteiger partial charge in [0.2, 0.25) is 5.91 Å². The lowest BCUT2D eigenvalue weighted by atomic mass is 10.3. The number of non-ortho nitro benzene ring substituents is 1. The van der Waals surface area contributed by atoms with E-state index in [9.17, 15) is 23.3 Å². The lowest BCUT2D eigenvalue weighted by Crippen LogP contribution is -2.17. The first-order chi connectivity index (χ1) is 13.7. The van der Waals surface area contributed by atoms with Gasteiger partial charge < -0.3 is 4.57 Å². The zero-order valence-electron chi connectivity index (χ0n) is 15.2. The molecule has 29 heavy (non-hydrogen) atoms. The maximum absolute atomic E-state index is 12.4. The Labute approximate surface area is 175 Å². The fraction of sp³-hybridized carbons (Fsp3) is 0.222. The minimum absolute atomic E-state index is 0.0473. The molecule has 0 atom stereocenters. The highest BCUT2D eigenvalue weighted by atomic mass is 35.5. The van der Waals surface area contributed by atoms with Crippen LogP contribution in [-0.2, 0) is 21.2 Å². The lowest BCUT2D eigenvalue weighted by molar-refractivity contribution is -0.384. The van der Waals surface area contributed by atoms with Crippen LogP contribution in [0, 0.1) is 10.1 Å². The third kappa shape index (κ3) is 4.72. The second kappa shape index (κ2) is 8.44. The third-order valence-corrected chi connectivity index (χ3v) is 7.20. The molecule has 0 aliphatic heterocycles. The van der Waals surface area contributed by atoms with E-state index in [1.165, 1.54) is 36.4 Å². The average molecular weight is 454 g/mol. The molecule has 8 nitrogen and oxygen atoms in total. The number of sulfone groups is 1. The van der Waals surface area contributed by atoms with E-state index in [2.05, 4.69) is 4.99 Å². The summed E-state index contributed by atoms with van der Waals surface area (Å²) in [4.78, 5) is 27.3. The molecule has 0 aliphatic rings. The van der Waals surface area contributed by atoms with Gasteiger partial charge in [0.25, 0.3) is 5.69 Å². The first kappa shape index (κ1) is 21.2. The van der Waals surface area contributed by atoms with Crippen LogP contribution in [0.15, 0.2) is 52.4 Å². The van der Waals surface area contributed by atoms with Crippen molar-refractivity contribution in [1.82, 2.24) is 4.57 Å². The second-order valence-corrected chi connectivity index (χ2v) is 9.62. The van der Waals surface area contributed by atoms with E-state index in [1.807, 2.05) is 6.92 Å². The molecule has 0 unspecified atom stereocenters. The molecule has 0 N–H and O–H groups in total. The zero-order chi connectivity index (χ0) is 21.2. The molecule has 0 bridgehead atoms. The van der Waals surface area contributed by atoms with Crippen LogP contribution in [0.4, 0.5) is 5.69 Å². The van der Waals surface area contributed by atoms with E-state index in [0.717, 1.165) is 16.9 Å². The van der Waals surface area contributed by atoms with Gasteiger partial charge in [0.15, 0.2) is 14.6 Å². The van der Waals surface area contributed by atoms with Crippen LogP contribution >= 0.6 is 22.9 Å². The Kier molecular flexibility index (Phi) is 6.15. The van der Waals surface area contributed by atoms with Crippen molar-refractivity contribution in [3.05, 3.63) is 62.4 Å². The Morgan fingerprint density at radius 1 is 1.24 bits per heavy atom. The van der Waals surface area contributed by atoms with Crippen molar-refractivity contribution in [2.45, 2.75) is 24.8 Å². The van der Waals surface area contributed by atoms with E-state index in [4.69, 9.17) is 11.6 Å². The molecule has 0 saturated carbocycles. The standard InChI is InChI=1S/C18H16ClN3O5S2/c1-2-21-15-8-5-13(22(24)25)11-16(15)28-18(21)20-17(23)9-10-29(26,27)14-6-3-12(19)4-7-14/h3-8,11H,2,9-10H2,1H3. The summed E-state index contributed by atoms with van der Waals surface area (Å²) in [5.74, 6) is -0.954. The Balaban J connectivity index is 1.85. The monoisotopic (exact) mass is 453 g/mol. The van der Waals surface area contributed by atoms with Crippen molar-refractivity contribution in [3.8, 4) is 0 Å². The molecule has 0 saturated heterocycles. The summed E-state index contributed by atoms with van der Waals surface area (Å²) in [6, 6.07) is 10.2. The lowest BCUT2D eigenvalue weighted by Gasteiger charge is -2.03. The van der Waals surface area contributed by atoms with Crippen molar-refractivity contribution in [2.75, 3.05) is 5.75 Å². The van der Waals surface area contributed by atoms with Gasteiger partial charge in [0.05, 0.1) is 25.8 Å². The van der Waals surface area contributed by atoms with Gasteiger partial charge in [-0.2, -0.15) is 4.99 Å². The second-order valence-electron chi connectivity index (χ2n) is 6.07. The quantitative estimate of drug-likeness (QED) is 0.418. The highest BCUT2D eigenvalue weighted by Gasteiger charge is 2.17. The number of nitro groups is 1.